The van der Waals surface area contributed by atoms with E-state index in [0.29, 0.717) is 11.3 Å². The molecule has 1 aromatic heterocycles. The van der Waals surface area contributed by atoms with Crippen molar-refractivity contribution < 1.29 is 0 Å². The first-order chi connectivity index (χ1) is 6.61. The van der Waals surface area contributed by atoms with Crippen LogP contribution < -0.4 is 10.7 Å². The van der Waals surface area contributed by atoms with Gasteiger partial charge >= 0.3 is 0 Å². The van der Waals surface area contributed by atoms with Crippen molar-refractivity contribution in [1.29, 1.82) is 0 Å². The monoisotopic (exact) mass is 386 g/mol. The molecule has 1 aliphatic rings. The molecule has 14 heavy (non-hydrogen) atoms. The number of imidazole rings is 1. The second kappa shape index (κ2) is 4.06. The molecule has 2 nitrogen and oxygen atoms in total. The molecule has 0 N–H and O–H groups in total. The van der Waals surface area contributed by atoms with Gasteiger partial charge in [0.15, 0.2) is 0 Å². The third kappa shape index (κ3) is 1.72. The number of rotatable bonds is 1. The van der Waals surface area contributed by atoms with Gasteiger partial charge in [-0.3, -0.25) is 0 Å². The van der Waals surface area contributed by atoms with Crippen molar-refractivity contribution in [1.82, 2.24) is 9.55 Å². The SMILES string of the molecule is CC(C)n1c(Cl)nc2c1=CI=CC=2Br. The van der Waals surface area contributed by atoms with Crippen LogP contribution in [0.5, 0.6) is 0 Å². The van der Waals surface area contributed by atoms with E-state index in [9.17, 15) is 0 Å². The van der Waals surface area contributed by atoms with E-state index in [2.05, 4.69) is 47.4 Å². The summed E-state index contributed by atoms with van der Waals surface area (Å²) in [5.41, 5.74) is 0. The van der Waals surface area contributed by atoms with Gasteiger partial charge in [0, 0.05) is 6.04 Å². The molecule has 0 spiro atoms. The summed E-state index contributed by atoms with van der Waals surface area (Å²) in [7, 11) is 0. The predicted molar refractivity (Wildman–Crippen MR) is 73.8 cm³/mol. The molecular formula is C9H9BrClIN2. The Labute approximate surface area is 106 Å². The molecule has 0 radical (unpaired) electrons. The standard InChI is InChI=1S/C9H9BrClIN2/c1-5(2)14-7-4-12-3-6(10)8(7)13-9(14)11/h3-5H,1-2H3. The first-order valence-electron chi connectivity index (χ1n) is 4.20. The maximum Gasteiger partial charge on any atom is 0.204 e. The Hall–Kier alpha value is 0.320. The zero-order valence-corrected chi connectivity index (χ0v) is 12.3. The first-order valence-corrected chi connectivity index (χ1v) is 7.86. The van der Waals surface area contributed by atoms with Crippen LogP contribution in [0.2, 0.25) is 5.28 Å². The summed E-state index contributed by atoms with van der Waals surface area (Å²) in [6.45, 7) is 4.23. The molecule has 76 valence electrons. The van der Waals surface area contributed by atoms with Gasteiger partial charge in [-0.05, 0) is 49.5 Å². The average molecular weight is 387 g/mol. The third-order valence-electron chi connectivity index (χ3n) is 1.97. The van der Waals surface area contributed by atoms with Crippen LogP contribution in [-0.2, 0) is 0 Å². The smallest absolute Gasteiger partial charge is 0.204 e. The summed E-state index contributed by atoms with van der Waals surface area (Å²) < 4.78 is 7.63. The molecule has 2 heterocycles. The lowest BCUT2D eigenvalue weighted by Crippen LogP contribution is -2.32. The Kier molecular flexibility index (Phi) is 3.14. The van der Waals surface area contributed by atoms with Crippen molar-refractivity contribution in [2.45, 2.75) is 19.9 Å². The first kappa shape index (κ1) is 10.8. The van der Waals surface area contributed by atoms with Gasteiger partial charge in [0.25, 0.3) is 0 Å². The van der Waals surface area contributed by atoms with Crippen LogP contribution in [0, 0.1) is 0 Å². The molecular weight excluding hydrogens is 378 g/mol. The maximum absolute atomic E-state index is 6.09. The molecule has 2 rings (SSSR count). The van der Waals surface area contributed by atoms with E-state index in [1.165, 1.54) is 5.35 Å². The molecule has 0 aromatic carbocycles. The fraction of sp³-hybridized carbons (Fsp3) is 0.333. The minimum atomic E-state index is 0.00312. The van der Waals surface area contributed by atoms with Crippen molar-refractivity contribution in [3.05, 3.63) is 16.0 Å². The van der Waals surface area contributed by atoms with E-state index in [1.54, 1.807) is 0 Å². The van der Waals surface area contributed by atoms with E-state index in [-0.39, 0.29) is 20.7 Å². The highest BCUT2D eigenvalue weighted by molar-refractivity contribution is 14.2. The molecule has 0 amide bonds. The van der Waals surface area contributed by atoms with E-state index in [4.69, 9.17) is 11.6 Å². The molecule has 0 bridgehead atoms. The molecule has 5 heteroatoms. The van der Waals surface area contributed by atoms with Gasteiger partial charge in [-0.25, -0.2) is 4.98 Å². The average Bonchev–Trinajstić information content (AvgIpc) is 2.42. The molecule has 1 aromatic rings. The number of aromatic nitrogens is 2. The Morgan fingerprint density at radius 1 is 1.57 bits per heavy atom. The van der Waals surface area contributed by atoms with E-state index >= 15 is 0 Å². The Balaban J connectivity index is 2.87. The van der Waals surface area contributed by atoms with E-state index in [0.717, 1.165) is 9.83 Å². The van der Waals surface area contributed by atoms with Crippen molar-refractivity contribution >= 4 is 60.8 Å². The largest absolute Gasteiger partial charge is 0.312 e. The van der Waals surface area contributed by atoms with Crippen molar-refractivity contribution in [3.63, 3.8) is 0 Å². The minimum absolute atomic E-state index is 0.00312. The molecule has 0 aliphatic carbocycles. The summed E-state index contributed by atoms with van der Waals surface area (Å²) >= 11 is 9.61. The lowest BCUT2D eigenvalue weighted by Gasteiger charge is -2.08. The normalized spacial score (nSPS) is 15.1. The highest BCUT2D eigenvalue weighted by Crippen LogP contribution is 2.14. The summed E-state index contributed by atoms with van der Waals surface area (Å²) in [6, 6.07) is 0.359. The van der Waals surface area contributed by atoms with E-state index in [1.807, 2.05) is 0 Å². The number of hydrogen-bond acceptors (Lipinski definition) is 1. The number of fused-ring (bicyclic) bond motifs is 1. The van der Waals surface area contributed by atoms with Gasteiger partial charge in [0.05, 0.1) is 9.83 Å². The van der Waals surface area contributed by atoms with Crippen LogP contribution in [0.4, 0.5) is 0 Å². The van der Waals surface area contributed by atoms with Gasteiger partial charge in [-0.1, -0.05) is 20.7 Å². The van der Waals surface area contributed by atoms with Crippen LogP contribution in [0.3, 0.4) is 0 Å². The molecule has 0 fully saturated rings. The van der Waals surface area contributed by atoms with Crippen molar-refractivity contribution in [2.75, 3.05) is 0 Å². The summed E-state index contributed by atoms with van der Waals surface area (Å²) in [5, 5.41) is 2.74. The molecule has 0 atom stereocenters. The van der Waals surface area contributed by atoms with Crippen molar-refractivity contribution in [3.8, 4) is 0 Å². The summed E-state index contributed by atoms with van der Waals surface area (Å²) in [4.78, 5) is 4.35. The highest BCUT2D eigenvalue weighted by Gasteiger charge is 2.11. The predicted octanol–water partition coefficient (Wildman–Crippen LogP) is 2.15. The van der Waals surface area contributed by atoms with Crippen LogP contribution in [0.25, 0.3) is 8.57 Å². The zero-order chi connectivity index (χ0) is 10.3. The van der Waals surface area contributed by atoms with Gasteiger partial charge in [0.1, 0.15) is 5.35 Å². The van der Waals surface area contributed by atoms with Crippen molar-refractivity contribution in [2.24, 2.45) is 0 Å². The summed E-state index contributed by atoms with van der Waals surface area (Å²) in [6.07, 6.45) is 0. The number of halogens is 3. The van der Waals surface area contributed by atoms with Gasteiger partial charge < -0.3 is 4.57 Å². The second-order valence-electron chi connectivity index (χ2n) is 3.27. The lowest BCUT2D eigenvalue weighted by molar-refractivity contribution is 0.587. The van der Waals surface area contributed by atoms with Gasteiger partial charge in [0.2, 0.25) is 5.28 Å². The van der Waals surface area contributed by atoms with Gasteiger partial charge in [-0.15, -0.1) is 0 Å². The number of nitrogens with zero attached hydrogens (tertiary/aromatic N) is 2. The Morgan fingerprint density at radius 3 is 2.93 bits per heavy atom. The fourth-order valence-electron chi connectivity index (χ4n) is 1.39. The maximum atomic E-state index is 6.09. The van der Waals surface area contributed by atoms with Crippen LogP contribution in [0.1, 0.15) is 19.9 Å². The van der Waals surface area contributed by atoms with E-state index < -0.39 is 0 Å². The molecule has 1 aliphatic heterocycles. The molecule has 0 saturated heterocycles. The summed E-state index contributed by atoms with van der Waals surface area (Å²) in [5.74, 6) is 0. The topological polar surface area (TPSA) is 17.8 Å². The fourth-order valence-corrected chi connectivity index (χ4v) is 4.45. The van der Waals surface area contributed by atoms with Crippen LogP contribution >= 0.6 is 48.3 Å². The minimum Gasteiger partial charge on any atom is -0.312 e. The highest BCUT2D eigenvalue weighted by atomic mass is 127. The van der Waals surface area contributed by atoms with Crippen LogP contribution in [0.15, 0.2) is 0 Å². The Morgan fingerprint density at radius 2 is 2.29 bits per heavy atom. The zero-order valence-electron chi connectivity index (χ0n) is 7.76. The quantitative estimate of drug-likeness (QED) is 0.676. The molecule has 0 unspecified atom stereocenters. The van der Waals surface area contributed by atoms with Crippen LogP contribution in [-0.4, -0.2) is 13.6 Å². The third-order valence-corrected chi connectivity index (χ3v) is 5.63. The van der Waals surface area contributed by atoms with Gasteiger partial charge in [-0.2, -0.15) is 0 Å². The number of hydrogen-bond donors (Lipinski definition) is 0. The lowest BCUT2D eigenvalue weighted by atomic mass is 10.4. The molecule has 0 saturated carbocycles. The second-order valence-corrected chi connectivity index (χ2v) is 6.43. The Bertz CT molecular complexity index is 516.